The summed E-state index contributed by atoms with van der Waals surface area (Å²) in [5.41, 5.74) is 15.5. The highest BCUT2D eigenvalue weighted by atomic mass is 15.1. The lowest BCUT2D eigenvalue weighted by molar-refractivity contribution is 0.767. The van der Waals surface area contributed by atoms with Gasteiger partial charge in [-0.3, -0.25) is 0 Å². The molecule has 2 heteroatoms. The van der Waals surface area contributed by atoms with Crippen LogP contribution >= 0.6 is 0 Å². The first-order valence-electron chi connectivity index (χ1n) is 21.6. The lowest BCUT2D eigenvalue weighted by atomic mass is 9.82. The maximum Gasteiger partial charge on any atom is 0.0443 e. The number of rotatable bonds is 5. The quantitative estimate of drug-likeness (QED) is 0.161. The van der Waals surface area contributed by atoms with Crippen molar-refractivity contribution in [1.29, 1.82) is 0 Å². The van der Waals surface area contributed by atoms with Crippen LogP contribution in [-0.4, -0.2) is 13.1 Å². The molecular formula is C58H44N2. The Morgan fingerprint density at radius 3 is 1.57 bits per heavy atom. The summed E-state index contributed by atoms with van der Waals surface area (Å²) in [6, 6.07) is 73.1. The van der Waals surface area contributed by atoms with Crippen molar-refractivity contribution in [2.75, 3.05) is 22.9 Å². The second-order valence-electron chi connectivity index (χ2n) is 16.6. The van der Waals surface area contributed by atoms with Gasteiger partial charge in [-0.2, -0.15) is 0 Å². The van der Waals surface area contributed by atoms with Gasteiger partial charge in [-0.25, -0.2) is 0 Å². The summed E-state index contributed by atoms with van der Waals surface area (Å²) in [4.78, 5) is 5.10. The maximum absolute atomic E-state index is 2.55. The maximum atomic E-state index is 2.55. The van der Waals surface area contributed by atoms with E-state index in [2.05, 4.69) is 204 Å². The average molecular weight is 769 g/mol. The monoisotopic (exact) mass is 768 g/mol. The number of anilines is 4. The van der Waals surface area contributed by atoms with E-state index in [1.165, 1.54) is 110 Å². The van der Waals surface area contributed by atoms with Crippen LogP contribution in [0.4, 0.5) is 22.7 Å². The van der Waals surface area contributed by atoms with Crippen molar-refractivity contribution in [3.63, 3.8) is 0 Å². The van der Waals surface area contributed by atoms with Gasteiger partial charge >= 0.3 is 0 Å². The summed E-state index contributed by atoms with van der Waals surface area (Å²) in [5.74, 6) is 0. The summed E-state index contributed by atoms with van der Waals surface area (Å²) in [6.07, 6.45) is 4.50. The van der Waals surface area contributed by atoms with Gasteiger partial charge in [0.1, 0.15) is 0 Å². The molecule has 2 heterocycles. The van der Waals surface area contributed by atoms with Gasteiger partial charge in [0.2, 0.25) is 0 Å². The van der Waals surface area contributed by atoms with Crippen molar-refractivity contribution in [1.82, 2.24) is 0 Å². The molecule has 0 atom stereocenters. The third kappa shape index (κ3) is 5.70. The molecular weight excluding hydrogens is 725 g/mol. The van der Waals surface area contributed by atoms with Crippen LogP contribution in [0.5, 0.6) is 0 Å². The van der Waals surface area contributed by atoms with Gasteiger partial charge in [0.05, 0.1) is 0 Å². The molecule has 0 spiro atoms. The van der Waals surface area contributed by atoms with Gasteiger partial charge in [0.25, 0.3) is 0 Å². The Balaban J connectivity index is 1.20. The van der Waals surface area contributed by atoms with Crippen molar-refractivity contribution in [3.05, 3.63) is 205 Å². The number of para-hydroxylation sites is 2. The largest absolute Gasteiger partial charge is 0.341 e. The van der Waals surface area contributed by atoms with E-state index in [0.717, 1.165) is 38.8 Å². The molecule has 0 radical (unpaired) electrons. The third-order valence-electron chi connectivity index (χ3n) is 13.2. The first kappa shape index (κ1) is 34.8. The van der Waals surface area contributed by atoms with Gasteiger partial charge in [-0.15, -0.1) is 0 Å². The van der Waals surface area contributed by atoms with Crippen molar-refractivity contribution >= 4 is 65.8 Å². The lowest BCUT2D eigenvalue weighted by Crippen LogP contribution is -2.24. The number of fused-ring (bicyclic) bond motifs is 6. The van der Waals surface area contributed by atoms with Crippen LogP contribution < -0.4 is 9.80 Å². The molecule has 10 aromatic carbocycles. The zero-order valence-corrected chi connectivity index (χ0v) is 33.6. The standard InChI is InChI=1S/C58H44N2/c1-2-18-43-36-44(29-28-39(43)14-1)57-51-32-30-46(60-35-13-21-42-17-5-10-27-56(42)60)38-54(51)58(50-24-8-7-23-49(50)48-25-11-19-40-15-3-6-22-47(40)48)52-33-31-45(37-53(52)57)59-34-12-20-41-16-4-9-26-55(41)59/h1-11,14-19,22-33,36-38H,12-13,20-21,34-35H2. The van der Waals surface area contributed by atoms with E-state index in [-0.39, 0.29) is 0 Å². The molecule has 286 valence electrons. The fraction of sp³-hybridized carbons (Fsp3) is 0.103. The van der Waals surface area contributed by atoms with Crippen molar-refractivity contribution in [3.8, 4) is 33.4 Å². The Morgan fingerprint density at radius 2 is 0.850 bits per heavy atom. The summed E-state index contributed by atoms with van der Waals surface area (Å²) in [6.45, 7) is 2.00. The normalized spacial score (nSPS) is 13.9. The smallest absolute Gasteiger partial charge is 0.0443 e. The summed E-state index contributed by atoms with van der Waals surface area (Å²) in [5, 5.41) is 10.1. The Kier molecular flexibility index (Phi) is 8.30. The minimum Gasteiger partial charge on any atom is -0.341 e. The number of hydrogen-bond donors (Lipinski definition) is 0. The van der Waals surface area contributed by atoms with Crippen LogP contribution in [0.3, 0.4) is 0 Å². The van der Waals surface area contributed by atoms with Crippen LogP contribution in [0, 0.1) is 0 Å². The molecule has 0 saturated carbocycles. The number of nitrogens with zero attached hydrogens (tertiary/aromatic N) is 2. The van der Waals surface area contributed by atoms with E-state index in [9.17, 15) is 0 Å². The number of aryl methyl sites for hydroxylation is 2. The van der Waals surface area contributed by atoms with Gasteiger partial charge in [0.15, 0.2) is 0 Å². The Bertz CT molecular complexity index is 3300. The SMILES string of the molecule is c1ccc2c(c1)CCCN2c1ccc2c(-c3ccccc3-c3cccc4ccccc34)c3cc(N4CCCc5ccccc54)ccc3c(-c3ccc4ccccc4c3)c2c1. The zero-order chi connectivity index (χ0) is 39.6. The second-order valence-corrected chi connectivity index (χ2v) is 16.6. The first-order valence-corrected chi connectivity index (χ1v) is 21.6. The third-order valence-corrected chi connectivity index (χ3v) is 13.2. The number of hydrogen-bond acceptors (Lipinski definition) is 2. The molecule has 12 rings (SSSR count). The Morgan fingerprint density at radius 1 is 0.317 bits per heavy atom. The zero-order valence-electron chi connectivity index (χ0n) is 33.6. The van der Waals surface area contributed by atoms with Crippen molar-refractivity contribution in [2.45, 2.75) is 25.7 Å². The molecule has 0 saturated heterocycles. The Hall–Kier alpha value is -7.16. The molecule has 0 aliphatic carbocycles. The van der Waals surface area contributed by atoms with Gasteiger partial charge in [-0.1, -0.05) is 152 Å². The van der Waals surface area contributed by atoms with Gasteiger partial charge in [0, 0.05) is 35.8 Å². The molecule has 2 nitrogen and oxygen atoms in total. The van der Waals surface area contributed by atoms with E-state index in [1.54, 1.807) is 0 Å². The second kappa shape index (κ2) is 14.3. The average Bonchev–Trinajstić information content (AvgIpc) is 3.32. The van der Waals surface area contributed by atoms with E-state index in [4.69, 9.17) is 0 Å². The highest BCUT2D eigenvalue weighted by Gasteiger charge is 2.25. The predicted molar refractivity (Wildman–Crippen MR) is 256 cm³/mol. The Labute approximate surface area is 351 Å². The minimum atomic E-state index is 0.996. The van der Waals surface area contributed by atoms with Crippen LogP contribution in [0.15, 0.2) is 194 Å². The molecule has 10 aromatic rings. The number of benzene rings is 10. The fourth-order valence-corrected chi connectivity index (χ4v) is 10.5. The summed E-state index contributed by atoms with van der Waals surface area (Å²) in [7, 11) is 0. The van der Waals surface area contributed by atoms with E-state index in [1.807, 2.05) is 0 Å². The molecule has 60 heavy (non-hydrogen) atoms. The van der Waals surface area contributed by atoms with Crippen molar-refractivity contribution in [2.24, 2.45) is 0 Å². The predicted octanol–water partition coefficient (Wildman–Crippen LogP) is 15.5. The fourth-order valence-electron chi connectivity index (χ4n) is 10.5. The first-order chi connectivity index (χ1) is 29.8. The minimum absolute atomic E-state index is 0.996. The highest BCUT2D eigenvalue weighted by molar-refractivity contribution is 6.24. The molecule has 0 fully saturated rings. The lowest BCUT2D eigenvalue weighted by Gasteiger charge is -2.32. The molecule has 0 N–H and O–H groups in total. The summed E-state index contributed by atoms with van der Waals surface area (Å²) < 4.78 is 0. The molecule has 2 aliphatic rings. The van der Waals surface area contributed by atoms with Gasteiger partial charge < -0.3 is 9.80 Å². The van der Waals surface area contributed by atoms with E-state index in [0.29, 0.717) is 0 Å². The highest BCUT2D eigenvalue weighted by Crippen LogP contribution is 2.50. The van der Waals surface area contributed by atoms with E-state index >= 15 is 0 Å². The topological polar surface area (TPSA) is 6.48 Å². The molecule has 0 bridgehead atoms. The van der Waals surface area contributed by atoms with Gasteiger partial charge in [-0.05, 0) is 156 Å². The van der Waals surface area contributed by atoms with Crippen LogP contribution in [0.25, 0.3) is 76.5 Å². The van der Waals surface area contributed by atoms with Crippen LogP contribution in [-0.2, 0) is 12.8 Å². The molecule has 2 aliphatic heterocycles. The molecule has 0 aromatic heterocycles. The van der Waals surface area contributed by atoms with Crippen LogP contribution in [0.1, 0.15) is 24.0 Å². The van der Waals surface area contributed by atoms with Crippen LogP contribution in [0.2, 0.25) is 0 Å². The molecule has 0 unspecified atom stereocenters. The summed E-state index contributed by atoms with van der Waals surface area (Å²) >= 11 is 0. The van der Waals surface area contributed by atoms with E-state index < -0.39 is 0 Å². The molecule has 0 amide bonds. The van der Waals surface area contributed by atoms with Crippen molar-refractivity contribution < 1.29 is 0 Å².